The Hall–Kier alpha value is -3.11. The number of amides is 2. The number of hydrogen-bond donors (Lipinski definition) is 1. The van der Waals surface area contributed by atoms with Crippen LogP contribution in [-0.4, -0.2) is 75.5 Å². The van der Waals surface area contributed by atoms with Crippen molar-refractivity contribution < 1.29 is 27.5 Å². The largest absolute Gasteiger partial charge is 0.486 e. The first-order valence-corrected chi connectivity index (χ1v) is 13.4. The predicted molar refractivity (Wildman–Crippen MR) is 128 cm³/mol. The van der Waals surface area contributed by atoms with E-state index in [4.69, 9.17) is 9.47 Å². The molecule has 3 aliphatic rings. The third-order valence-corrected chi connectivity index (χ3v) is 8.00. The molecule has 2 aromatic carbocycles. The van der Waals surface area contributed by atoms with Crippen LogP contribution < -0.4 is 14.2 Å². The van der Waals surface area contributed by atoms with E-state index in [1.54, 1.807) is 11.0 Å². The fourth-order valence-electron chi connectivity index (χ4n) is 4.43. The first kappa shape index (κ1) is 23.6. The second-order valence-electron chi connectivity index (χ2n) is 9.09. The molecule has 1 aliphatic carbocycles. The minimum absolute atomic E-state index is 0.00691. The summed E-state index contributed by atoms with van der Waals surface area (Å²) in [4.78, 5) is 29.4. The molecule has 0 radical (unpaired) electrons. The Morgan fingerprint density at radius 2 is 1.57 bits per heavy atom. The Labute approximate surface area is 205 Å². The fraction of sp³-hybridized carbons (Fsp3) is 0.440. The first-order chi connectivity index (χ1) is 16.9. The van der Waals surface area contributed by atoms with Crippen LogP contribution in [0.3, 0.4) is 0 Å². The van der Waals surface area contributed by atoms with Gasteiger partial charge in [0.05, 0.1) is 4.90 Å². The Morgan fingerprint density at radius 1 is 0.914 bits per heavy atom. The number of carbonyl (C=O) groups is 2. The molecule has 0 aromatic heterocycles. The van der Waals surface area contributed by atoms with Gasteiger partial charge < -0.3 is 19.3 Å². The van der Waals surface area contributed by atoms with Gasteiger partial charge in [-0.15, -0.1) is 0 Å². The van der Waals surface area contributed by atoms with Crippen LogP contribution >= 0.6 is 0 Å². The average molecular weight is 500 g/mol. The Bertz CT molecular complexity index is 1190. The van der Waals surface area contributed by atoms with Crippen LogP contribution in [0.1, 0.15) is 18.4 Å². The molecule has 0 bridgehead atoms. The topological polar surface area (TPSA) is 105 Å². The van der Waals surface area contributed by atoms with Gasteiger partial charge in [-0.2, -0.15) is 4.72 Å². The van der Waals surface area contributed by atoms with Crippen molar-refractivity contribution in [3.05, 3.63) is 54.1 Å². The summed E-state index contributed by atoms with van der Waals surface area (Å²) in [6.07, 6.45) is 2.10. The van der Waals surface area contributed by atoms with Crippen molar-refractivity contribution in [2.45, 2.75) is 30.2 Å². The summed E-state index contributed by atoms with van der Waals surface area (Å²) >= 11 is 0. The number of piperazine rings is 1. The summed E-state index contributed by atoms with van der Waals surface area (Å²) < 4.78 is 40.2. The highest BCUT2D eigenvalue weighted by molar-refractivity contribution is 7.89. The smallest absolute Gasteiger partial charge is 0.241 e. The van der Waals surface area contributed by atoms with Gasteiger partial charge in [0.1, 0.15) is 19.3 Å². The number of fused-ring (bicyclic) bond motifs is 1. The zero-order chi connectivity index (χ0) is 24.4. The van der Waals surface area contributed by atoms with Gasteiger partial charge in [0.2, 0.25) is 21.8 Å². The molecule has 0 spiro atoms. The van der Waals surface area contributed by atoms with Crippen LogP contribution in [0.4, 0.5) is 0 Å². The van der Waals surface area contributed by atoms with Crippen molar-refractivity contribution in [3.63, 3.8) is 0 Å². The van der Waals surface area contributed by atoms with Gasteiger partial charge in [-0.3, -0.25) is 9.59 Å². The van der Waals surface area contributed by atoms with Gasteiger partial charge in [0.25, 0.3) is 0 Å². The molecule has 2 fully saturated rings. The molecule has 2 amide bonds. The van der Waals surface area contributed by atoms with Gasteiger partial charge in [-0.1, -0.05) is 30.3 Å². The van der Waals surface area contributed by atoms with E-state index >= 15 is 0 Å². The van der Waals surface area contributed by atoms with E-state index in [-0.39, 0.29) is 29.0 Å². The average Bonchev–Trinajstić information content (AvgIpc) is 3.73. The van der Waals surface area contributed by atoms with E-state index in [9.17, 15) is 18.0 Å². The van der Waals surface area contributed by atoms with E-state index in [1.807, 2.05) is 35.2 Å². The van der Waals surface area contributed by atoms with Gasteiger partial charge in [-0.25, -0.2) is 8.42 Å². The number of sulfonamides is 1. The minimum Gasteiger partial charge on any atom is -0.486 e. The minimum atomic E-state index is -4.02. The third kappa shape index (κ3) is 5.43. The van der Waals surface area contributed by atoms with Crippen LogP contribution in [0, 0.1) is 5.92 Å². The lowest BCUT2D eigenvalue weighted by atomic mass is 10.1. The molecular formula is C25H29N3O6S. The van der Waals surface area contributed by atoms with Crippen LogP contribution in [0.5, 0.6) is 11.5 Å². The van der Waals surface area contributed by atoms with E-state index < -0.39 is 16.1 Å². The SMILES string of the molecule is O=C(C1CC1)N1CCN(C(=O)[C@H](Cc2ccccc2)NS(=O)(=O)c2ccc3c(c2)OCCO3)CC1. The van der Waals surface area contributed by atoms with E-state index in [1.165, 1.54) is 12.1 Å². The number of ether oxygens (including phenoxy) is 2. The molecule has 186 valence electrons. The molecule has 1 saturated heterocycles. The Morgan fingerprint density at radius 3 is 2.26 bits per heavy atom. The number of nitrogens with one attached hydrogen (secondary N) is 1. The summed E-state index contributed by atoms with van der Waals surface area (Å²) in [5.74, 6) is 0.860. The number of benzene rings is 2. The summed E-state index contributed by atoms with van der Waals surface area (Å²) in [6.45, 7) is 2.45. The van der Waals surface area contributed by atoms with E-state index in [2.05, 4.69) is 4.72 Å². The Kier molecular flexibility index (Phi) is 6.66. The molecule has 1 N–H and O–H groups in total. The third-order valence-electron chi connectivity index (χ3n) is 6.53. The maximum absolute atomic E-state index is 13.5. The van der Waals surface area contributed by atoms with Gasteiger partial charge >= 0.3 is 0 Å². The van der Waals surface area contributed by atoms with E-state index in [0.717, 1.165) is 18.4 Å². The summed E-state index contributed by atoms with van der Waals surface area (Å²) in [7, 11) is -4.02. The molecule has 10 heteroatoms. The summed E-state index contributed by atoms with van der Waals surface area (Å²) in [5.41, 5.74) is 0.846. The van der Waals surface area contributed by atoms with Crippen molar-refractivity contribution in [2.75, 3.05) is 39.4 Å². The zero-order valence-electron chi connectivity index (χ0n) is 19.4. The van der Waals surface area contributed by atoms with Crippen LogP contribution in [0.25, 0.3) is 0 Å². The van der Waals surface area contributed by atoms with Crippen molar-refractivity contribution in [1.29, 1.82) is 0 Å². The monoisotopic (exact) mass is 499 g/mol. The quantitative estimate of drug-likeness (QED) is 0.618. The molecule has 35 heavy (non-hydrogen) atoms. The summed E-state index contributed by atoms with van der Waals surface area (Å²) in [6, 6.07) is 12.8. The normalized spacial score (nSPS) is 18.7. The zero-order valence-corrected chi connectivity index (χ0v) is 20.2. The number of nitrogens with zero attached hydrogens (tertiary/aromatic N) is 2. The number of carbonyl (C=O) groups excluding carboxylic acids is 2. The fourth-order valence-corrected chi connectivity index (χ4v) is 5.64. The number of hydrogen-bond acceptors (Lipinski definition) is 6. The second kappa shape index (κ2) is 9.87. The van der Waals surface area contributed by atoms with E-state index in [0.29, 0.717) is 50.9 Å². The molecule has 9 nitrogen and oxygen atoms in total. The molecule has 2 aliphatic heterocycles. The molecule has 5 rings (SSSR count). The lowest BCUT2D eigenvalue weighted by molar-refractivity contribution is -0.141. The molecule has 0 unspecified atom stereocenters. The molecule has 1 atom stereocenters. The lowest BCUT2D eigenvalue weighted by Gasteiger charge is -2.36. The van der Waals surface area contributed by atoms with Crippen molar-refractivity contribution in [1.82, 2.24) is 14.5 Å². The molecule has 2 heterocycles. The van der Waals surface area contributed by atoms with Gasteiger partial charge in [0, 0.05) is 38.2 Å². The summed E-state index contributed by atoms with van der Waals surface area (Å²) in [5, 5.41) is 0. The predicted octanol–water partition coefficient (Wildman–Crippen LogP) is 1.43. The van der Waals surface area contributed by atoms with Gasteiger partial charge in [0.15, 0.2) is 11.5 Å². The highest BCUT2D eigenvalue weighted by Gasteiger charge is 2.37. The van der Waals surface area contributed by atoms with Crippen molar-refractivity contribution >= 4 is 21.8 Å². The van der Waals surface area contributed by atoms with Crippen molar-refractivity contribution in [3.8, 4) is 11.5 Å². The van der Waals surface area contributed by atoms with Crippen molar-refractivity contribution in [2.24, 2.45) is 5.92 Å². The van der Waals surface area contributed by atoms with Crippen LogP contribution in [0.15, 0.2) is 53.4 Å². The highest BCUT2D eigenvalue weighted by Crippen LogP contribution is 2.33. The maximum atomic E-state index is 13.5. The Balaban J connectivity index is 1.33. The molecule has 2 aromatic rings. The van der Waals surface area contributed by atoms with Crippen LogP contribution in [-0.2, 0) is 26.0 Å². The standard InChI is InChI=1S/C25H29N3O6S/c29-24(19-6-7-19)27-10-12-28(13-11-27)25(30)21(16-18-4-2-1-3-5-18)26-35(31,32)20-8-9-22-23(17-20)34-15-14-33-22/h1-5,8-9,17,19,21,26H,6-7,10-16H2/t21-/m0/s1. The lowest BCUT2D eigenvalue weighted by Crippen LogP contribution is -2.56. The highest BCUT2D eigenvalue weighted by atomic mass is 32.2. The van der Waals surface area contributed by atoms with Crippen LogP contribution in [0.2, 0.25) is 0 Å². The second-order valence-corrected chi connectivity index (χ2v) is 10.8. The molecular weight excluding hydrogens is 470 g/mol. The number of rotatable bonds is 7. The van der Waals surface area contributed by atoms with Gasteiger partial charge in [-0.05, 0) is 37.0 Å². The maximum Gasteiger partial charge on any atom is 0.241 e. The molecule has 1 saturated carbocycles. The first-order valence-electron chi connectivity index (χ1n) is 11.9.